The van der Waals surface area contributed by atoms with Crippen LogP contribution in [0.5, 0.6) is 0 Å². The molecule has 0 aliphatic heterocycles. The van der Waals surface area contributed by atoms with Gasteiger partial charge in [-0.25, -0.2) is 8.42 Å². The first-order chi connectivity index (χ1) is 13.7. The van der Waals surface area contributed by atoms with Crippen molar-refractivity contribution in [1.29, 1.82) is 0 Å². The molecule has 0 atom stereocenters. The van der Waals surface area contributed by atoms with Crippen LogP contribution in [-0.2, 0) is 10.0 Å². The zero-order valence-electron chi connectivity index (χ0n) is 15.7. The summed E-state index contributed by atoms with van der Waals surface area (Å²) in [7, 11) is -2.31. The Morgan fingerprint density at radius 3 is 2.34 bits per heavy atom. The van der Waals surface area contributed by atoms with Gasteiger partial charge in [0.05, 0.1) is 21.3 Å². The maximum atomic E-state index is 12.9. The van der Waals surface area contributed by atoms with E-state index in [0.29, 0.717) is 27.0 Å². The van der Waals surface area contributed by atoms with Crippen LogP contribution in [0.1, 0.15) is 15.9 Å². The predicted molar refractivity (Wildman–Crippen MR) is 118 cm³/mol. The minimum absolute atomic E-state index is 0.169. The topological polar surface area (TPSA) is 66.5 Å². The fourth-order valence-electron chi connectivity index (χ4n) is 2.76. The molecule has 0 aliphatic rings. The number of halogens is 2. The summed E-state index contributed by atoms with van der Waals surface area (Å²) in [5.41, 5.74) is 1.77. The van der Waals surface area contributed by atoms with Gasteiger partial charge in [-0.15, -0.1) is 0 Å². The van der Waals surface area contributed by atoms with E-state index < -0.39 is 15.9 Å². The van der Waals surface area contributed by atoms with Crippen LogP contribution in [0.15, 0.2) is 71.6 Å². The number of aryl methyl sites for hydroxylation is 1. The number of carbonyl (C=O) groups excluding carboxylic acids is 1. The molecule has 5 nitrogen and oxygen atoms in total. The minimum atomic E-state index is -3.77. The van der Waals surface area contributed by atoms with Gasteiger partial charge in [0.1, 0.15) is 0 Å². The molecular formula is C21H18Cl2N2O3S. The van der Waals surface area contributed by atoms with Gasteiger partial charge in [-0.3, -0.25) is 9.10 Å². The molecule has 0 spiro atoms. The molecule has 0 unspecified atom stereocenters. The number of hydrogen-bond acceptors (Lipinski definition) is 3. The summed E-state index contributed by atoms with van der Waals surface area (Å²) in [6, 6.07) is 17.7. The highest BCUT2D eigenvalue weighted by atomic mass is 35.5. The highest BCUT2D eigenvalue weighted by Gasteiger charge is 2.23. The zero-order valence-corrected chi connectivity index (χ0v) is 18.0. The van der Waals surface area contributed by atoms with E-state index in [1.54, 1.807) is 55.5 Å². The van der Waals surface area contributed by atoms with E-state index in [2.05, 4.69) is 5.32 Å². The van der Waals surface area contributed by atoms with Crippen molar-refractivity contribution in [3.05, 3.63) is 87.9 Å². The van der Waals surface area contributed by atoms with Gasteiger partial charge in [0.15, 0.2) is 0 Å². The lowest BCUT2D eigenvalue weighted by Crippen LogP contribution is -2.27. The van der Waals surface area contributed by atoms with Crippen molar-refractivity contribution in [2.75, 3.05) is 16.7 Å². The second kappa shape index (κ2) is 8.45. The van der Waals surface area contributed by atoms with Crippen LogP contribution in [0.3, 0.4) is 0 Å². The summed E-state index contributed by atoms with van der Waals surface area (Å²) >= 11 is 12.1. The molecule has 0 aliphatic carbocycles. The first-order valence-electron chi connectivity index (χ1n) is 8.61. The SMILES string of the molecule is Cc1ccc(C(=O)Nc2cc(Cl)ccc2Cl)cc1N(C)S(=O)(=O)c1ccccc1. The summed E-state index contributed by atoms with van der Waals surface area (Å²) < 4.78 is 27.0. The molecule has 0 bridgehead atoms. The Morgan fingerprint density at radius 1 is 0.966 bits per heavy atom. The summed E-state index contributed by atoms with van der Waals surface area (Å²) in [6.45, 7) is 1.78. The van der Waals surface area contributed by atoms with Gasteiger partial charge in [0.25, 0.3) is 15.9 Å². The van der Waals surface area contributed by atoms with Crippen molar-refractivity contribution in [1.82, 2.24) is 0 Å². The summed E-state index contributed by atoms with van der Waals surface area (Å²) in [6.07, 6.45) is 0. The molecule has 3 rings (SSSR count). The largest absolute Gasteiger partial charge is 0.321 e. The van der Waals surface area contributed by atoms with Crippen molar-refractivity contribution in [2.24, 2.45) is 0 Å². The van der Waals surface area contributed by atoms with Crippen molar-refractivity contribution >= 4 is 50.5 Å². The molecule has 29 heavy (non-hydrogen) atoms. The Hall–Kier alpha value is -2.54. The van der Waals surface area contributed by atoms with Gasteiger partial charge in [-0.2, -0.15) is 0 Å². The first-order valence-corrected chi connectivity index (χ1v) is 10.8. The average molecular weight is 449 g/mol. The van der Waals surface area contributed by atoms with Crippen LogP contribution in [0, 0.1) is 6.92 Å². The Labute approximate surface area is 179 Å². The summed E-state index contributed by atoms with van der Waals surface area (Å²) in [5.74, 6) is -0.430. The molecule has 3 aromatic rings. The Balaban J connectivity index is 1.94. The predicted octanol–water partition coefficient (Wildman–Crippen LogP) is 5.38. The van der Waals surface area contributed by atoms with Crippen molar-refractivity contribution < 1.29 is 13.2 Å². The molecule has 0 saturated heterocycles. The van der Waals surface area contributed by atoms with E-state index in [1.807, 2.05) is 0 Å². The van der Waals surface area contributed by atoms with Crippen molar-refractivity contribution in [3.63, 3.8) is 0 Å². The van der Waals surface area contributed by atoms with Crippen LogP contribution in [0.2, 0.25) is 10.0 Å². The lowest BCUT2D eigenvalue weighted by atomic mass is 10.1. The number of anilines is 2. The number of amides is 1. The van der Waals surface area contributed by atoms with E-state index in [0.717, 1.165) is 0 Å². The van der Waals surface area contributed by atoms with E-state index >= 15 is 0 Å². The highest BCUT2D eigenvalue weighted by molar-refractivity contribution is 7.92. The lowest BCUT2D eigenvalue weighted by Gasteiger charge is -2.22. The van der Waals surface area contributed by atoms with E-state index in [1.165, 1.54) is 29.6 Å². The third-order valence-electron chi connectivity index (χ3n) is 4.39. The molecule has 3 aromatic carbocycles. The third-order valence-corrected chi connectivity index (χ3v) is 6.74. The number of benzene rings is 3. The molecule has 0 fully saturated rings. The van der Waals surface area contributed by atoms with Crippen molar-refractivity contribution in [2.45, 2.75) is 11.8 Å². The molecule has 8 heteroatoms. The third kappa shape index (κ3) is 4.56. The summed E-state index contributed by atoms with van der Waals surface area (Å²) in [5, 5.41) is 3.48. The maximum absolute atomic E-state index is 12.9. The maximum Gasteiger partial charge on any atom is 0.264 e. The molecule has 0 aromatic heterocycles. The first kappa shape index (κ1) is 21.2. The smallest absolute Gasteiger partial charge is 0.264 e. The van der Waals surface area contributed by atoms with Gasteiger partial charge in [-0.1, -0.05) is 47.5 Å². The van der Waals surface area contributed by atoms with Crippen LogP contribution in [0.25, 0.3) is 0 Å². The van der Waals surface area contributed by atoms with Gasteiger partial charge in [0, 0.05) is 17.6 Å². The quantitative estimate of drug-likeness (QED) is 0.569. The highest BCUT2D eigenvalue weighted by Crippen LogP contribution is 2.29. The van der Waals surface area contributed by atoms with Crippen LogP contribution < -0.4 is 9.62 Å². The molecule has 150 valence electrons. The zero-order chi connectivity index (χ0) is 21.2. The fraction of sp³-hybridized carbons (Fsp3) is 0.0952. The number of sulfonamides is 1. The van der Waals surface area contributed by atoms with Gasteiger partial charge >= 0.3 is 0 Å². The van der Waals surface area contributed by atoms with Crippen LogP contribution >= 0.6 is 23.2 Å². The van der Waals surface area contributed by atoms with Crippen molar-refractivity contribution in [3.8, 4) is 0 Å². The van der Waals surface area contributed by atoms with E-state index in [4.69, 9.17) is 23.2 Å². The van der Waals surface area contributed by atoms with E-state index in [9.17, 15) is 13.2 Å². The standard InChI is InChI=1S/C21H18Cl2N2O3S/c1-14-8-9-15(21(26)24-19-13-16(22)10-11-18(19)23)12-20(14)25(2)29(27,28)17-6-4-3-5-7-17/h3-13H,1-2H3,(H,24,26). The Morgan fingerprint density at radius 2 is 1.66 bits per heavy atom. The lowest BCUT2D eigenvalue weighted by molar-refractivity contribution is 0.102. The number of nitrogens with zero attached hydrogens (tertiary/aromatic N) is 1. The number of carbonyl (C=O) groups is 1. The number of nitrogens with one attached hydrogen (secondary N) is 1. The molecule has 1 amide bonds. The second-order valence-electron chi connectivity index (χ2n) is 6.37. The fourth-order valence-corrected chi connectivity index (χ4v) is 4.37. The molecule has 1 N–H and O–H groups in total. The molecular weight excluding hydrogens is 431 g/mol. The molecule has 0 saturated carbocycles. The average Bonchev–Trinajstić information content (AvgIpc) is 2.71. The second-order valence-corrected chi connectivity index (χ2v) is 9.18. The van der Waals surface area contributed by atoms with Gasteiger partial charge in [0.2, 0.25) is 0 Å². The number of hydrogen-bond donors (Lipinski definition) is 1. The monoisotopic (exact) mass is 448 g/mol. The Bertz CT molecular complexity index is 1170. The minimum Gasteiger partial charge on any atom is -0.321 e. The van der Waals surface area contributed by atoms with E-state index in [-0.39, 0.29) is 10.5 Å². The molecule has 0 radical (unpaired) electrons. The van der Waals surface area contributed by atoms with Gasteiger partial charge < -0.3 is 5.32 Å². The number of rotatable bonds is 5. The van der Waals surface area contributed by atoms with Gasteiger partial charge in [-0.05, 0) is 55.0 Å². The summed E-state index contributed by atoms with van der Waals surface area (Å²) in [4.78, 5) is 12.9. The van der Waals surface area contributed by atoms with Crippen LogP contribution in [-0.4, -0.2) is 21.4 Å². The van der Waals surface area contributed by atoms with Crippen LogP contribution in [0.4, 0.5) is 11.4 Å². The Kier molecular flexibility index (Phi) is 6.17. The normalized spacial score (nSPS) is 11.2. The molecule has 0 heterocycles.